The standard InChI is InChI=1S/C18H24N2O2/c21-17-12-15(18(22)19-16-8-4-5-9-16)13-20(17)11-10-14-6-2-1-3-7-14/h1-3,6-7,15-16H,4-5,8-13H2,(H,19,22)/t15-/m1/s1. The molecule has 1 saturated carbocycles. The van der Waals surface area contributed by atoms with Gasteiger partial charge in [-0.05, 0) is 24.8 Å². The van der Waals surface area contributed by atoms with Crippen LogP contribution in [-0.4, -0.2) is 35.8 Å². The van der Waals surface area contributed by atoms with Crippen LogP contribution in [0.3, 0.4) is 0 Å². The molecule has 1 aliphatic carbocycles. The fourth-order valence-electron chi connectivity index (χ4n) is 3.46. The van der Waals surface area contributed by atoms with E-state index in [9.17, 15) is 9.59 Å². The molecule has 2 fully saturated rings. The Bertz CT molecular complexity index is 523. The summed E-state index contributed by atoms with van der Waals surface area (Å²) >= 11 is 0. The molecule has 0 radical (unpaired) electrons. The van der Waals surface area contributed by atoms with Gasteiger partial charge in [0.15, 0.2) is 0 Å². The maximum atomic E-state index is 12.3. The first-order valence-corrected chi connectivity index (χ1v) is 8.34. The SMILES string of the molecule is O=C(NC1CCCC1)[C@@H]1CC(=O)N(CCc2ccccc2)C1. The van der Waals surface area contributed by atoms with E-state index in [0.29, 0.717) is 25.6 Å². The Balaban J connectivity index is 1.48. The van der Waals surface area contributed by atoms with E-state index in [1.54, 1.807) is 0 Å². The molecule has 3 rings (SSSR count). The lowest BCUT2D eigenvalue weighted by Crippen LogP contribution is -2.38. The van der Waals surface area contributed by atoms with E-state index >= 15 is 0 Å². The fraction of sp³-hybridized carbons (Fsp3) is 0.556. The van der Waals surface area contributed by atoms with Gasteiger partial charge >= 0.3 is 0 Å². The molecule has 0 spiro atoms. The maximum Gasteiger partial charge on any atom is 0.225 e. The van der Waals surface area contributed by atoms with Gasteiger partial charge in [0.1, 0.15) is 0 Å². The van der Waals surface area contributed by atoms with Gasteiger partial charge in [0.2, 0.25) is 11.8 Å². The molecular formula is C18H24N2O2. The van der Waals surface area contributed by atoms with E-state index in [4.69, 9.17) is 0 Å². The zero-order chi connectivity index (χ0) is 15.4. The molecule has 4 nitrogen and oxygen atoms in total. The number of carbonyl (C=O) groups excluding carboxylic acids is 2. The van der Waals surface area contributed by atoms with Crippen LogP contribution < -0.4 is 5.32 Å². The molecule has 1 aromatic carbocycles. The zero-order valence-corrected chi connectivity index (χ0v) is 13.0. The summed E-state index contributed by atoms with van der Waals surface area (Å²) in [7, 11) is 0. The molecule has 2 aliphatic rings. The number of amides is 2. The van der Waals surface area contributed by atoms with E-state index in [-0.39, 0.29) is 17.7 Å². The van der Waals surface area contributed by atoms with Crippen LogP contribution in [0.2, 0.25) is 0 Å². The Hall–Kier alpha value is -1.84. The predicted octanol–water partition coefficient (Wildman–Crippen LogP) is 2.14. The average Bonchev–Trinajstić information content (AvgIpc) is 3.16. The molecule has 22 heavy (non-hydrogen) atoms. The number of nitrogens with zero attached hydrogens (tertiary/aromatic N) is 1. The molecule has 0 bridgehead atoms. The Morgan fingerprint density at radius 2 is 1.91 bits per heavy atom. The molecule has 1 saturated heterocycles. The third-order valence-electron chi connectivity index (χ3n) is 4.80. The molecule has 1 aliphatic heterocycles. The third-order valence-corrected chi connectivity index (χ3v) is 4.80. The van der Waals surface area contributed by atoms with Gasteiger partial charge in [0.05, 0.1) is 5.92 Å². The average molecular weight is 300 g/mol. The second-order valence-electron chi connectivity index (χ2n) is 6.47. The number of benzene rings is 1. The van der Waals surface area contributed by atoms with Gasteiger partial charge in [-0.25, -0.2) is 0 Å². The normalized spacial score (nSPS) is 22.3. The van der Waals surface area contributed by atoms with Crippen molar-refractivity contribution in [1.82, 2.24) is 10.2 Å². The zero-order valence-electron chi connectivity index (χ0n) is 13.0. The number of rotatable bonds is 5. The van der Waals surface area contributed by atoms with Crippen molar-refractivity contribution in [2.24, 2.45) is 5.92 Å². The first kappa shape index (κ1) is 15.1. The van der Waals surface area contributed by atoms with Gasteiger partial charge in [-0.2, -0.15) is 0 Å². The molecule has 2 amide bonds. The van der Waals surface area contributed by atoms with Crippen molar-refractivity contribution >= 4 is 11.8 Å². The van der Waals surface area contributed by atoms with Crippen molar-refractivity contribution < 1.29 is 9.59 Å². The molecule has 1 heterocycles. The Kier molecular flexibility index (Phi) is 4.76. The number of nitrogens with one attached hydrogen (secondary N) is 1. The summed E-state index contributed by atoms with van der Waals surface area (Å²) < 4.78 is 0. The van der Waals surface area contributed by atoms with Crippen LogP contribution in [0.25, 0.3) is 0 Å². The largest absolute Gasteiger partial charge is 0.353 e. The molecule has 0 aromatic heterocycles. The molecule has 4 heteroatoms. The summed E-state index contributed by atoms with van der Waals surface area (Å²) in [5.74, 6) is 0.0221. The van der Waals surface area contributed by atoms with Gasteiger partial charge < -0.3 is 10.2 Å². The topological polar surface area (TPSA) is 49.4 Å². The maximum absolute atomic E-state index is 12.3. The van der Waals surface area contributed by atoms with E-state index in [1.165, 1.54) is 18.4 Å². The quantitative estimate of drug-likeness (QED) is 0.905. The van der Waals surface area contributed by atoms with E-state index in [2.05, 4.69) is 17.4 Å². The van der Waals surface area contributed by atoms with Gasteiger partial charge in [0, 0.05) is 25.6 Å². The second-order valence-corrected chi connectivity index (χ2v) is 6.47. The first-order valence-electron chi connectivity index (χ1n) is 8.34. The minimum atomic E-state index is -0.163. The van der Waals surface area contributed by atoms with Crippen molar-refractivity contribution in [3.05, 3.63) is 35.9 Å². The monoisotopic (exact) mass is 300 g/mol. The van der Waals surface area contributed by atoms with Gasteiger partial charge in [-0.15, -0.1) is 0 Å². The smallest absolute Gasteiger partial charge is 0.225 e. The van der Waals surface area contributed by atoms with E-state index < -0.39 is 0 Å². The first-order chi connectivity index (χ1) is 10.7. The van der Waals surface area contributed by atoms with Gasteiger partial charge in [-0.1, -0.05) is 43.2 Å². The lowest BCUT2D eigenvalue weighted by Gasteiger charge is -2.18. The Labute approximate surface area is 131 Å². The summed E-state index contributed by atoms with van der Waals surface area (Å²) in [6.07, 6.45) is 5.81. The number of likely N-dealkylation sites (tertiary alicyclic amines) is 1. The van der Waals surface area contributed by atoms with E-state index in [1.807, 2.05) is 23.1 Å². The lowest BCUT2D eigenvalue weighted by atomic mass is 10.1. The highest BCUT2D eigenvalue weighted by atomic mass is 16.2. The lowest BCUT2D eigenvalue weighted by molar-refractivity contribution is -0.129. The van der Waals surface area contributed by atoms with Crippen molar-refractivity contribution in [2.75, 3.05) is 13.1 Å². The summed E-state index contributed by atoms with van der Waals surface area (Å²) in [5.41, 5.74) is 1.23. The number of hydrogen-bond acceptors (Lipinski definition) is 2. The van der Waals surface area contributed by atoms with Crippen LogP contribution in [-0.2, 0) is 16.0 Å². The summed E-state index contributed by atoms with van der Waals surface area (Å²) in [5, 5.41) is 3.12. The van der Waals surface area contributed by atoms with Crippen LogP contribution in [0.4, 0.5) is 0 Å². The van der Waals surface area contributed by atoms with Gasteiger partial charge in [-0.3, -0.25) is 9.59 Å². The summed E-state index contributed by atoms with van der Waals surface area (Å²) in [6, 6.07) is 10.5. The molecule has 1 aromatic rings. The number of hydrogen-bond donors (Lipinski definition) is 1. The molecular weight excluding hydrogens is 276 g/mol. The highest BCUT2D eigenvalue weighted by Crippen LogP contribution is 2.22. The van der Waals surface area contributed by atoms with Gasteiger partial charge in [0.25, 0.3) is 0 Å². The van der Waals surface area contributed by atoms with Crippen LogP contribution >= 0.6 is 0 Å². The third kappa shape index (κ3) is 3.67. The van der Waals surface area contributed by atoms with Crippen LogP contribution in [0.5, 0.6) is 0 Å². The highest BCUT2D eigenvalue weighted by molar-refractivity contribution is 5.89. The van der Waals surface area contributed by atoms with E-state index in [0.717, 1.165) is 19.3 Å². The minimum Gasteiger partial charge on any atom is -0.353 e. The Morgan fingerprint density at radius 1 is 1.18 bits per heavy atom. The summed E-state index contributed by atoms with van der Waals surface area (Å²) in [6.45, 7) is 1.28. The van der Waals surface area contributed by atoms with Crippen molar-refractivity contribution in [1.29, 1.82) is 0 Å². The van der Waals surface area contributed by atoms with Crippen LogP contribution in [0.1, 0.15) is 37.7 Å². The highest BCUT2D eigenvalue weighted by Gasteiger charge is 2.34. The fourth-order valence-corrected chi connectivity index (χ4v) is 3.46. The van der Waals surface area contributed by atoms with Crippen molar-refractivity contribution in [2.45, 2.75) is 44.6 Å². The van der Waals surface area contributed by atoms with Crippen molar-refractivity contribution in [3.63, 3.8) is 0 Å². The Morgan fingerprint density at radius 3 is 2.64 bits per heavy atom. The predicted molar refractivity (Wildman–Crippen MR) is 85.2 cm³/mol. The molecule has 1 atom stereocenters. The van der Waals surface area contributed by atoms with Crippen LogP contribution in [0, 0.1) is 5.92 Å². The molecule has 118 valence electrons. The van der Waals surface area contributed by atoms with Crippen molar-refractivity contribution in [3.8, 4) is 0 Å². The second kappa shape index (κ2) is 6.95. The summed E-state index contributed by atoms with van der Waals surface area (Å²) in [4.78, 5) is 26.2. The minimum absolute atomic E-state index is 0.0717. The molecule has 0 unspecified atom stereocenters. The number of carbonyl (C=O) groups is 2. The molecule has 1 N–H and O–H groups in total. The van der Waals surface area contributed by atoms with Crippen LogP contribution in [0.15, 0.2) is 30.3 Å².